The molecule has 8 heteroatoms. The number of hydrogen-bond donors (Lipinski definition) is 1. The van der Waals surface area contributed by atoms with Gasteiger partial charge >= 0.3 is 0 Å². The molecule has 1 aliphatic rings. The monoisotopic (exact) mass is 373 g/mol. The van der Waals surface area contributed by atoms with Crippen LogP contribution in [0.2, 0.25) is 5.02 Å². The number of amides is 2. The lowest BCUT2D eigenvalue weighted by molar-refractivity contribution is -0.119. The molecule has 1 aliphatic heterocycles. The van der Waals surface area contributed by atoms with E-state index in [1.807, 2.05) is 24.3 Å². The molecule has 1 aromatic heterocycles. The third-order valence-electron chi connectivity index (χ3n) is 4.26. The van der Waals surface area contributed by atoms with E-state index in [1.54, 1.807) is 9.80 Å². The van der Waals surface area contributed by atoms with Gasteiger partial charge in [0.15, 0.2) is 0 Å². The van der Waals surface area contributed by atoms with Gasteiger partial charge in [-0.15, -0.1) is 0 Å². The van der Waals surface area contributed by atoms with Crippen molar-refractivity contribution in [2.24, 2.45) is 0 Å². The van der Waals surface area contributed by atoms with Crippen LogP contribution >= 0.6 is 11.6 Å². The number of piperazine rings is 1. The Balaban J connectivity index is 1.49. The lowest BCUT2D eigenvalue weighted by atomic mass is 10.1. The van der Waals surface area contributed by atoms with Crippen molar-refractivity contribution in [2.45, 2.75) is 6.42 Å². The molecule has 0 unspecified atom stereocenters. The van der Waals surface area contributed by atoms with Gasteiger partial charge < -0.3 is 15.1 Å². The van der Waals surface area contributed by atoms with Crippen LogP contribution in [-0.2, 0) is 11.2 Å². The number of nitrogens with one attached hydrogen (secondary N) is 1. The Labute approximate surface area is 157 Å². The highest BCUT2D eigenvalue weighted by molar-refractivity contribution is 6.30. The van der Waals surface area contributed by atoms with Crippen LogP contribution in [0.4, 0.5) is 5.95 Å². The molecular formula is C18H20ClN5O2. The van der Waals surface area contributed by atoms with Crippen LogP contribution in [0.25, 0.3) is 0 Å². The zero-order chi connectivity index (χ0) is 18.4. The Morgan fingerprint density at radius 2 is 1.77 bits per heavy atom. The molecule has 3 rings (SSSR count). The van der Waals surface area contributed by atoms with Crippen LogP contribution in [0.1, 0.15) is 15.9 Å². The van der Waals surface area contributed by atoms with Gasteiger partial charge in [-0.1, -0.05) is 23.7 Å². The number of benzene rings is 1. The zero-order valence-corrected chi connectivity index (χ0v) is 15.0. The van der Waals surface area contributed by atoms with Gasteiger partial charge in [-0.25, -0.2) is 9.97 Å². The van der Waals surface area contributed by atoms with Crippen molar-refractivity contribution < 1.29 is 9.59 Å². The Morgan fingerprint density at radius 3 is 2.38 bits per heavy atom. The minimum absolute atomic E-state index is 0.108. The smallest absolute Gasteiger partial charge is 0.257 e. The molecule has 1 fully saturated rings. The Morgan fingerprint density at radius 1 is 1.12 bits per heavy atom. The van der Waals surface area contributed by atoms with E-state index >= 15 is 0 Å². The van der Waals surface area contributed by atoms with Gasteiger partial charge in [0.2, 0.25) is 12.4 Å². The van der Waals surface area contributed by atoms with Gasteiger partial charge in [0.1, 0.15) is 0 Å². The average Bonchev–Trinajstić information content (AvgIpc) is 2.69. The second kappa shape index (κ2) is 8.62. The molecule has 1 N–H and O–H groups in total. The first-order valence-electron chi connectivity index (χ1n) is 8.44. The van der Waals surface area contributed by atoms with E-state index in [2.05, 4.69) is 15.3 Å². The van der Waals surface area contributed by atoms with Crippen molar-refractivity contribution >= 4 is 29.9 Å². The standard InChI is InChI=1S/C18H20ClN5O2/c19-16-3-1-14(2-4-16)5-6-20-18-21-11-15(12-22-18)17(26)24-9-7-23(13-25)8-10-24/h1-4,11-13H,5-10H2,(H,20,21,22). The van der Waals surface area contributed by atoms with Crippen LogP contribution in [-0.4, -0.2) is 64.8 Å². The number of rotatable bonds is 6. The van der Waals surface area contributed by atoms with Crippen molar-refractivity contribution in [1.82, 2.24) is 19.8 Å². The fourth-order valence-corrected chi connectivity index (χ4v) is 2.84. The van der Waals surface area contributed by atoms with Gasteiger partial charge in [0.05, 0.1) is 5.56 Å². The maximum absolute atomic E-state index is 12.4. The number of halogens is 1. The van der Waals surface area contributed by atoms with Crippen molar-refractivity contribution in [3.05, 3.63) is 52.8 Å². The normalized spacial score (nSPS) is 14.2. The first-order valence-corrected chi connectivity index (χ1v) is 8.82. The van der Waals surface area contributed by atoms with Gasteiger partial charge in [-0.05, 0) is 24.1 Å². The first-order chi connectivity index (χ1) is 12.7. The summed E-state index contributed by atoms with van der Waals surface area (Å²) >= 11 is 5.87. The highest BCUT2D eigenvalue weighted by Crippen LogP contribution is 2.11. The lowest BCUT2D eigenvalue weighted by Gasteiger charge is -2.32. The maximum Gasteiger partial charge on any atom is 0.257 e. The molecule has 0 bridgehead atoms. The summed E-state index contributed by atoms with van der Waals surface area (Å²) < 4.78 is 0. The summed E-state index contributed by atoms with van der Waals surface area (Å²) in [5.74, 6) is 0.379. The second-order valence-electron chi connectivity index (χ2n) is 6.03. The molecule has 0 radical (unpaired) electrons. The molecule has 1 aromatic carbocycles. The molecule has 136 valence electrons. The van der Waals surface area contributed by atoms with Crippen LogP contribution in [0, 0.1) is 0 Å². The Bertz CT molecular complexity index is 743. The van der Waals surface area contributed by atoms with E-state index in [0.717, 1.165) is 17.9 Å². The molecule has 1 saturated heterocycles. The molecule has 0 spiro atoms. The molecule has 0 aliphatic carbocycles. The molecule has 0 atom stereocenters. The lowest BCUT2D eigenvalue weighted by Crippen LogP contribution is -2.48. The molecule has 7 nitrogen and oxygen atoms in total. The maximum atomic E-state index is 12.4. The molecule has 0 saturated carbocycles. The average molecular weight is 374 g/mol. The number of carbonyl (C=O) groups is 2. The molecule has 2 heterocycles. The van der Waals surface area contributed by atoms with E-state index in [4.69, 9.17) is 11.6 Å². The third kappa shape index (κ3) is 4.70. The number of carbonyl (C=O) groups excluding carboxylic acids is 2. The van der Waals surface area contributed by atoms with Gasteiger partial charge in [0, 0.05) is 50.1 Å². The van der Waals surface area contributed by atoms with E-state index in [1.165, 1.54) is 18.0 Å². The summed E-state index contributed by atoms with van der Waals surface area (Å²) in [6.07, 6.45) is 4.70. The van der Waals surface area contributed by atoms with Crippen molar-refractivity contribution in [3.8, 4) is 0 Å². The van der Waals surface area contributed by atoms with Gasteiger partial charge in [-0.2, -0.15) is 0 Å². The summed E-state index contributed by atoms with van der Waals surface area (Å²) in [4.78, 5) is 35.0. The number of nitrogens with zero attached hydrogens (tertiary/aromatic N) is 4. The second-order valence-corrected chi connectivity index (χ2v) is 6.47. The van der Waals surface area contributed by atoms with Gasteiger partial charge in [-0.3, -0.25) is 9.59 Å². The van der Waals surface area contributed by atoms with E-state index in [-0.39, 0.29) is 5.91 Å². The van der Waals surface area contributed by atoms with E-state index in [0.29, 0.717) is 44.2 Å². The van der Waals surface area contributed by atoms with Gasteiger partial charge in [0.25, 0.3) is 5.91 Å². The van der Waals surface area contributed by atoms with Crippen LogP contribution in [0.5, 0.6) is 0 Å². The minimum atomic E-state index is -0.108. The van der Waals surface area contributed by atoms with Crippen LogP contribution < -0.4 is 5.32 Å². The van der Waals surface area contributed by atoms with Crippen LogP contribution in [0.15, 0.2) is 36.7 Å². The largest absolute Gasteiger partial charge is 0.354 e. The quantitative estimate of drug-likeness (QED) is 0.780. The highest BCUT2D eigenvalue weighted by atomic mass is 35.5. The topological polar surface area (TPSA) is 78.4 Å². The molecule has 2 amide bonds. The third-order valence-corrected chi connectivity index (χ3v) is 4.51. The van der Waals surface area contributed by atoms with Crippen molar-refractivity contribution in [2.75, 3.05) is 38.0 Å². The number of aromatic nitrogens is 2. The minimum Gasteiger partial charge on any atom is -0.354 e. The van der Waals surface area contributed by atoms with Crippen molar-refractivity contribution in [3.63, 3.8) is 0 Å². The molecular weight excluding hydrogens is 354 g/mol. The predicted molar refractivity (Wildman–Crippen MR) is 99.2 cm³/mol. The number of hydrogen-bond acceptors (Lipinski definition) is 5. The summed E-state index contributed by atoms with van der Waals surface area (Å²) in [5, 5.41) is 3.86. The van der Waals surface area contributed by atoms with E-state index < -0.39 is 0 Å². The Hall–Kier alpha value is -2.67. The molecule has 26 heavy (non-hydrogen) atoms. The first kappa shape index (κ1) is 18.1. The van der Waals surface area contributed by atoms with E-state index in [9.17, 15) is 9.59 Å². The van der Waals surface area contributed by atoms with Crippen LogP contribution in [0.3, 0.4) is 0 Å². The fraction of sp³-hybridized carbons (Fsp3) is 0.333. The number of anilines is 1. The molecule has 2 aromatic rings. The zero-order valence-electron chi connectivity index (χ0n) is 14.3. The SMILES string of the molecule is O=CN1CCN(C(=O)c2cnc(NCCc3ccc(Cl)cc3)nc2)CC1. The van der Waals surface area contributed by atoms with Crippen molar-refractivity contribution in [1.29, 1.82) is 0 Å². The highest BCUT2D eigenvalue weighted by Gasteiger charge is 2.21. The summed E-state index contributed by atoms with van der Waals surface area (Å²) in [7, 11) is 0. The summed E-state index contributed by atoms with van der Waals surface area (Å²) in [6, 6.07) is 7.69. The summed E-state index contributed by atoms with van der Waals surface area (Å²) in [5.41, 5.74) is 1.62. The Kier molecular flexibility index (Phi) is 6.01. The fourth-order valence-electron chi connectivity index (χ4n) is 2.71. The predicted octanol–water partition coefficient (Wildman–Crippen LogP) is 1.70. The summed E-state index contributed by atoms with van der Waals surface area (Å²) in [6.45, 7) is 2.85.